The first-order valence-electron chi connectivity index (χ1n) is 14.7. The van der Waals surface area contributed by atoms with Gasteiger partial charge in [0.1, 0.15) is 5.76 Å². The molecular formula is C33H45ClN2O3. The minimum atomic E-state index is -1.03. The van der Waals surface area contributed by atoms with E-state index in [1.807, 2.05) is 18.2 Å². The number of allylic oxidation sites excluding steroid dienone is 2. The summed E-state index contributed by atoms with van der Waals surface area (Å²) in [5, 5.41) is 11.0. The highest BCUT2D eigenvalue weighted by Gasteiger charge is 2.38. The lowest BCUT2D eigenvalue weighted by atomic mass is 9.76. The number of ether oxygens (including phenoxy) is 1. The lowest BCUT2D eigenvalue weighted by Gasteiger charge is -2.34. The van der Waals surface area contributed by atoms with E-state index in [0.717, 1.165) is 48.1 Å². The molecule has 0 bridgehead atoms. The maximum absolute atomic E-state index is 13.9. The lowest BCUT2D eigenvalue weighted by Crippen LogP contribution is -2.31. The molecule has 0 amide bonds. The van der Waals surface area contributed by atoms with Gasteiger partial charge in [-0.25, -0.2) is 0 Å². The van der Waals surface area contributed by atoms with Crippen molar-refractivity contribution in [2.45, 2.75) is 91.2 Å². The van der Waals surface area contributed by atoms with Crippen LogP contribution in [0.2, 0.25) is 0 Å². The van der Waals surface area contributed by atoms with Crippen molar-refractivity contribution in [2.24, 2.45) is 39.6 Å². The molecule has 0 spiro atoms. The van der Waals surface area contributed by atoms with Gasteiger partial charge in [0.15, 0.2) is 11.0 Å². The van der Waals surface area contributed by atoms with Crippen LogP contribution in [-0.2, 0) is 4.74 Å². The topological polar surface area (TPSA) is 71.2 Å². The summed E-state index contributed by atoms with van der Waals surface area (Å²) in [5.41, 5.74) is 1.61. The largest absolute Gasteiger partial charge is 0.450 e. The van der Waals surface area contributed by atoms with Gasteiger partial charge >= 0.3 is 0 Å². The molecule has 4 rings (SSSR count). The number of Topliss-reactive ketones (excluding diaryl/α,β-unsaturated/α-hetero) is 1. The fourth-order valence-electron chi connectivity index (χ4n) is 6.91. The number of carbonyl (C=O) groups excluding carboxylic acids is 1. The predicted octanol–water partition coefficient (Wildman–Crippen LogP) is 7.74. The van der Waals surface area contributed by atoms with Crippen LogP contribution in [0.3, 0.4) is 0 Å². The highest BCUT2D eigenvalue weighted by molar-refractivity contribution is 6.29. The van der Waals surface area contributed by atoms with Crippen molar-refractivity contribution in [1.82, 2.24) is 0 Å². The molecular weight excluding hydrogens is 508 g/mol. The number of hydrogen-bond donors (Lipinski definition) is 1. The average molecular weight is 553 g/mol. The van der Waals surface area contributed by atoms with Gasteiger partial charge in [-0.1, -0.05) is 45.0 Å². The van der Waals surface area contributed by atoms with E-state index >= 15 is 0 Å². The Kier molecular flexibility index (Phi) is 9.54. The number of nitrogens with zero attached hydrogens (tertiary/aromatic N) is 2. The summed E-state index contributed by atoms with van der Waals surface area (Å²) in [7, 11) is 0. The average Bonchev–Trinajstić information content (AvgIpc) is 3.18. The smallest absolute Gasteiger partial charge is 0.195 e. The molecule has 0 radical (unpaired) electrons. The quantitative estimate of drug-likeness (QED) is 0.278. The van der Waals surface area contributed by atoms with Crippen LogP contribution in [0.4, 0.5) is 0 Å². The van der Waals surface area contributed by atoms with Crippen LogP contribution in [0.15, 0.2) is 56.9 Å². The standard InChI is InChI=1S/C33H45ClN2O3/c1-7-23-17-30(39-32(34)31(23)33(5,6)38)24-13-12-20(2)27(21(3)16-24)18-29(37)26-11-9-8-10-25(26)28-19-35-14-15-36-22(28)4/h8-11,14-15,17,20-24,27-28,38H,7,12-13,16,18-19H2,1-6H3. The first kappa shape index (κ1) is 29.7. The van der Waals surface area contributed by atoms with Crippen molar-refractivity contribution in [3.05, 3.63) is 58.0 Å². The molecule has 212 valence electrons. The molecule has 2 aliphatic heterocycles. The van der Waals surface area contributed by atoms with Crippen LogP contribution < -0.4 is 0 Å². The number of aliphatic imine (C=N–C) groups is 2. The third-order valence-electron chi connectivity index (χ3n) is 9.20. The number of rotatable bonds is 7. The second-order valence-electron chi connectivity index (χ2n) is 12.4. The Morgan fingerprint density at radius 2 is 1.87 bits per heavy atom. The van der Waals surface area contributed by atoms with Crippen LogP contribution in [0.1, 0.15) is 95.5 Å². The second-order valence-corrected chi connectivity index (χ2v) is 12.8. The molecule has 0 aromatic heterocycles. The lowest BCUT2D eigenvalue weighted by molar-refractivity contribution is 0.0916. The van der Waals surface area contributed by atoms with Gasteiger partial charge in [0.2, 0.25) is 0 Å². The molecule has 3 aliphatic rings. The number of hydrogen-bond acceptors (Lipinski definition) is 5. The summed E-state index contributed by atoms with van der Waals surface area (Å²) in [4.78, 5) is 22.9. The van der Waals surface area contributed by atoms with E-state index in [0.29, 0.717) is 35.9 Å². The first-order chi connectivity index (χ1) is 18.5. The number of aliphatic hydroxyl groups is 1. The third-order valence-corrected chi connectivity index (χ3v) is 9.49. The van der Waals surface area contributed by atoms with Gasteiger partial charge in [-0.2, -0.15) is 0 Å². The Morgan fingerprint density at radius 1 is 1.13 bits per heavy atom. The molecule has 7 atom stereocenters. The molecule has 1 aromatic carbocycles. The maximum atomic E-state index is 13.9. The second kappa shape index (κ2) is 12.5. The van der Waals surface area contributed by atoms with E-state index < -0.39 is 5.60 Å². The zero-order valence-corrected chi connectivity index (χ0v) is 25.1. The highest BCUT2D eigenvalue weighted by Crippen LogP contribution is 2.45. The normalized spacial score (nSPS) is 31.8. The predicted molar refractivity (Wildman–Crippen MR) is 161 cm³/mol. The summed E-state index contributed by atoms with van der Waals surface area (Å²) < 4.78 is 6.18. The molecule has 1 N–H and O–H groups in total. The zero-order chi connectivity index (χ0) is 28.3. The van der Waals surface area contributed by atoms with Gasteiger partial charge in [-0.15, -0.1) is 0 Å². The minimum absolute atomic E-state index is 0.0613. The maximum Gasteiger partial charge on any atom is 0.195 e. The summed E-state index contributed by atoms with van der Waals surface area (Å²) in [6.45, 7) is 13.0. The number of carbonyl (C=O) groups is 1. The molecule has 5 nitrogen and oxygen atoms in total. The molecule has 6 heteroatoms. The molecule has 7 unspecified atom stereocenters. The Balaban J connectivity index is 1.51. The van der Waals surface area contributed by atoms with Crippen LogP contribution >= 0.6 is 11.6 Å². The summed E-state index contributed by atoms with van der Waals surface area (Å²) in [5.74, 6) is 2.64. The van der Waals surface area contributed by atoms with Crippen LogP contribution in [-0.4, -0.2) is 41.5 Å². The molecule has 2 heterocycles. The van der Waals surface area contributed by atoms with Crippen LogP contribution in [0.25, 0.3) is 0 Å². The van der Waals surface area contributed by atoms with Crippen molar-refractivity contribution in [3.8, 4) is 0 Å². The van der Waals surface area contributed by atoms with E-state index in [1.54, 1.807) is 26.3 Å². The monoisotopic (exact) mass is 552 g/mol. The summed E-state index contributed by atoms with van der Waals surface area (Å²) in [6, 6.07) is 8.13. The van der Waals surface area contributed by atoms with Gasteiger partial charge in [-0.3, -0.25) is 14.8 Å². The SMILES string of the molecule is CCC1C=C(C2CCC(C)C(CC(=O)c3ccccc3C3CN=CC=NC3C)C(C)C2)OC(Cl)=C1C(C)(C)O. The number of halogens is 1. The van der Waals surface area contributed by atoms with Crippen molar-refractivity contribution in [2.75, 3.05) is 6.54 Å². The molecule has 39 heavy (non-hydrogen) atoms. The molecule has 1 aromatic rings. The van der Waals surface area contributed by atoms with Gasteiger partial charge in [0.25, 0.3) is 0 Å². The van der Waals surface area contributed by atoms with Crippen LogP contribution in [0.5, 0.6) is 0 Å². The minimum Gasteiger partial charge on any atom is -0.450 e. The van der Waals surface area contributed by atoms with Gasteiger partial charge in [-0.05, 0) is 87.4 Å². The van der Waals surface area contributed by atoms with Crippen molar-refractivity contribution >= 4 is 29.8 Å². The van der Waals surface area contributed by atoms with Gasteiger partial charge in [0, 0.05) is 54.3 Å². The van der Waals surface area contributed by atoms with Gasteiger partial charge < -0.3 is 9.84 Å². The Hall–Kier alpha value is -2.24. The van der Waals surface area contributed by atoms with Crippen molar-refractivity contribution in [1.29, 1.82) is 0 Å². The number of benzene rings is 1. The summed E-state index contributed by atoms with van der Waals surface area (Å²) >= 11 is 6.62. The zero-order valence-electron chi connectivity index (χ0n) is 24.4. The van der Waals surface area contributed by atoms with E-state index in [9.17, 15) is 9.90 Å². The van der Waals surface area contributed by atoms with E-state index in [1.165, 1.54) is 0 Å². The van der Waals surface area contributed by atoms with Gasteiger partial charge in [0.05, 0.1) is 11.6 Å². The van der Waals surface area contributed by atoms with E-state index in [4.69, 9.17) is 16.3 Å². The Morgan fingerprint density at radius 3 is 2.59 bits per heavy atom. The van der Waals surface area contributed by atoms with Crippen LogP contribution in [0, 0.1) is 29.6 Å². The summed E-state index contributed by atoms with van der Waals surface area (Å²) in [6.07, 6.45) is 10.1. The molecule has 1 fully saturated rings. The van der Waals surface area contributed by atoms with Crippen molar-refractivity contribution < 1.29 is 14.6 Å². The Bertz CT molecular complexity index is 1160. The Labute approximate surface area is 239 Å². The fourth-order valence-corrected chi connectivity index (χ4v) is 7.37. The first-order valence-corrected chi connectivity index (χ1v) is 15.0. The number of ketones is 1. The molecule has 0 saturated heterocycles. The fraction of sp³-hybridized carbons (Fsp3) is 0.606. The molecule has 1 aliphatic carbocycles. The van der Waals surface area contributed by atoms with E-state index in [-0.39, 0.29) is 29.6 Å². The molecule has 1 saturated carbocycles. The van der Waals surface area contributed by atoms with E-state index in [2.05, 4.69) is 49.8 Å². The third kappa shape index (κ3) is 6.74. The van der Waals surface area contributed by atoms with Crippen molar-refractivity contribution in [3.63, 3.8) is 0 Å². The highest BCUT2D eigenvalue weighted by atomic mass is 35.5.